The average molecular weight is 247 g/mol. The van der Waals surface area contributed by atoms with E-state index >= 15 is 0 Å². The first-order valence-electron chi connectivity index (χ1n) is 6.66. The van der Waals surface area contributed by atoms with Gasteiger partial charge in [-0.15, -0.1) is 0 Å². The Kier molecular flexibility index (Phi) is 3.84. The molecule has 0 bridgehead atoms. The van der Waals surface area contributed by atoms with Crippen LogP contribution in [-0.4, -0.2) is 28.4 Å². The zero-order valence-electron chi connectivity index (χ0n) is 11.1. The van der Waals surface area contributed by atoms with Crippen LogP contribution in [0.5, 0.6) is 0 Å². The maximum absolute atomic E-state index is 12.5. The van der Waals surface area contributed by atoms with Crippen molar-refractivity contribution in [1.82, 2.24) is 9.88 Å². The van der Waals surface area contributed by atoms with E-state index in [9.17, 15) is 4.79 Å². The average Bonchev–Trinajstić information content (AvgIpc) is 3.17. The summed E-state index contributed by atoms with van der Waals surface area (Å²) in [7, 11) is 0. The molecule has 1 aromatic heterocycles. The summed E-state index contributed by atoms with van der Waals surface area (Å²) in [4.78, 5) is 18.7. The Morgan fingerprint density at radius 1 is 1.56 bits per heavy atom. The summed E-state index contributed by atoms with van der Waals surface area (Å²) in [5.74, 6) is 0.0863. The fraction of sp³-hybridized carbons (Fsp3) is 0.571. The van der Waals surface area contributed by atoms with E-state index in [0.717, 1.165) is 37.9 Å². The molecule has 0 spiro atoms. The zero-order valence-corrected chi connectivity index (χ0v) is 11.1. The molecule has 1 amide bonds. The Labute approximate surface area is 108 Å². The summed E-state index contributed by atoms with van der Waals surface area (Å²) in [5, 5.41) is 0. The summed E-state index contributed by atoms with van der Waals surface area (Å²) in [6, 6.07) is 2.18. The van der Waals surface area contributed by atoms with E-state index in [4.69, 9.17) is 5.73 Å². The quantitative estimate of drug-likeness (QED) is 0.869. The molecule has 0 atom stereocenters. The number of hydrogen-bond acceptors (Lipinski definition) is 3. The van der Waals surface area contributed by atoms with E-state index in [0.29, 0.717) is 17.3 Å². The summed E-state index contributed by atoms with van der Waals surface area (Å²) < 4.78 is 0. The van der Waals surface area contributed by atoms with Crippen molar-refractivity contribution in [2.45, 2.75) is 45.6 Å². The number of rotatable bonds is 5. The fourth-order valence-electron chi connectivity index (χ4n) is 2.09. The van der Waals surface area contributed by atoms with Gasteiger partial charge >= 0.3 is 0 Å². The number of aromatic nitrogens is 1. The van der Waals surface area contributed by atoms with Crippen LogP contribution in [0.3, 0.4) is 0 Å². The minimum Gasteiger partial charge on any atom is -0.397 e. The number of amides is 1. The van der Waals surface area contributed by atoms with Crippen molar-refractivity contribution < 1.29 is 4.79 Å². The smallest absolute Gasteiger partial charge is 0.256 e. The Morgan fingerprint density at radius 2 is 2.28 bits per heavy atom. The Morgan fingerprint density at radius 3 is 2.89 bits per heavy atom. The third kappa shape index (κ3) is 2.81. The number of aryl methyl sites for hydroxylation is 1. The van der Waals surface area contributed by atoms with E-state index in [2.05, 4.69) is 11.9 Å². The van der Waals surface area contributed by atoms with Crippen molar-refractivity contribution in [2.75, 3.05) is 12.3 Å². The van der Waals surface area contributed by atoms with Gasteiger partial charge in [0.15, 0.2) is 0 Å². The molecule has 0 aliphatic heterocycles. The number of carbonyl (C=O) groups excluding carboxylic acids is 1. The molecule has 0 unspecified atom stereocenters. The molecule has 2 N–H and O–H groups in total. The van der Waals surface area contributed by atoms with Crippen LogP contribution < -0.4 is 5.73 Å². The van der Waals surface area contributed by atoms with Gasteiger partial charge in [-0.2, -0.15) is 0 Å². The highest BCUT2D eigenvalue weighted by molar-refractivity contribution is 5.96. The topological polar surface area (TPSA) is 59.2 Å². The highest BCUT2D eigenvalue weighted by atomic mass is 16.2. The maximum Gasteiger partial charge on any atom is 0.256 e. The minimum absolute atomic E-state index is 0.0863. The van der Waals surface area contributed by atoms with Crippen molar-refractivity contribution in [3.63, 3.8) is 0 Å². The molecule has 4 heteroatoms. The normalized spacial score (nSPS) is 14.6. The summed E-state index contributed by atoms with van der Waals surface area (Å²) in [6.45, 7) is 4.84. The molecule has 4 nitrogen and oxygen atoms in total. The second kappa shape index (κ2) is 5.38. The fourth-order valence-corrected chi connectivity index (χ4v) is 2.09. The molecule has 0 radical (unpaired) electrons. The third-order valence-electron chi connectivity index (χ3n) is 3.34. The number of unbranched alkanes of at least 4 members (excludes halogenated alkanes) is 1. The Hall–Kier alpha value is -1.58. The molecule has 1 heterocycles. The molecule has 1 aromatic rings. The number of carbonyl (C=O) groups is 1. The van der Waals surface area contributed by atoms with Crippen molar-refractivity contribution in [2.24, 2.45) is 0 Å². The molecule has 1 saturated carbocycles. The van der Waals surface area contributed by atoms with Crippen LogP contribution in [0.15, 0.2) is 12.3 Å². The molecule has 1 aliphatic carbocycles. The summed E-state index contributed by atoms with van der Waals surface area (Å²) in [5.41, 5.74) is 7.69. The first-order valence-corrected chi connectivity index (χ1v) is 6.66. The monoisotopic (exact) mass is 247 g/mol. The first kappa shape index (κ1) is 12.9. The first-order chi connectivity index (χ1) is 8.63. The highest BCUT2D eigenvalue weighted by Crippen LogP contribution is 2.29. The summed E-state index contributed by atoms with van der Waals surface area (Å²) in [6.07, 6.45) is 6.01. The molecule has 0 aromatic carbocycles. The van der Waals surface area contributed by atoms with Gasteiger partial charge in [0.05, 0.1) is 23.1 Å². The largest absolute Gasteiger partial charge is 0.397 e. The van der Waals surface area contributed by atoms with Crippen LogP contribution in [0.2, 0.25) is 0 Å². The second-order valence-corrected chi connectivity index (χ2v) is 4.98. The molecule has 1 aliphatic rings. The van der Waals surface area contributed by atoms with E-state index in [-0.39, 0.29) is 5.91 Å². The second-order valence-electron chi connectivity index (χ2n) is 4.98. The highest BCUT2D eigenvalue weighted by Gasteiger charge is 2.33. The molecular formula is C14H21N3O. The number of nitrogens with two attached hydrogens (primary N) is 1. The van der Waals surface area contributed by atoms with Crippen molar-refractivity contribution in [1.29, 1.82) is 0 Å². The van der Waals surface area contributed by atoms with Crippen molar-refractivity contribution in [3.8, 4) is 0 Å². The van der Waals surface area contributed by atoms with Crippen LogP contribution in [0, 0.1) is 6.92 Å². The van der Waals surface area contributed by atoms with Gasteiger partial charge in [-0.05, 0) is 32.3 Å². The number of pyridine rings is 1. The summed E-state index contributed by atoms with van der Waals surface area (Å²) >= 11 is 0. The van der Waals surface area contributed by atoms with Crippen LogP contribution in [-0.2, 0) is 0 Å². The van der Waals surface area contributed by atoms with E-state index < -0.39 is 0 Å². The van der Waals surface area contributed by atoms with Gasteiger partial charge in [0.1, 0.15) is 0 Å². The number of nitrogens with zero attached hydrogens (tertiary/aromatic N) is 2. The van der Waals surface area contributed by atoms with Gasteiger partial charge in [0.2, 0.25) is 0 Å². The van der Waals surface area contributed by atoms with Crippen molar-refractivity contribution in [3.05, 3.63) is 23.5 Å². The molecule has 1 fully saturated rings. The molecular weight excluding hydrogens is 226 g/mol. The Balaban J connectivity index is 2.19. The SMILES string of the molecule is CCCCN(C(=O)c1cc(N)cnc1C)C1CC1. The minimum atomic E-state index is 0.0863. The van der Waals surface area contributed by atoms with Gasteiger partial charge < -0.3 is 10.6 Å². The number of hydrogen-bond donors (Lipinski definition) is 1. The van der Waals surface area contributed by atoms with E-state index in [1.165, 1.54) is 0 Å². The lowest BCUT2D eigenvalue weighted by atomic mass is 10.1. The number of nitrogen functional groups attached to an aromatic ring is 1. The maximum atomic E-state index is 12.5. The lowest BCUT2D eigenvalue weighted by molar-refractivity contribution is 0.0739. The van der Waals surface area contributed by atoms with Gasteiger partial charge in [-0.25, -0.2) is 0 Å². The third-order valence-corrected chi connectivity index (χ3v) is 3.34. The number of anilines is 1. The van der Waals surface area contributed by atoms with Gasteiger partial charge in [0, 0.05) is 12.6 Å². The predicted octanol–water partition coefficient (Wildman–Crippen LogP) is 2.38. The van der Waals surface area contributed by atoms with Crippen LogP contribution >= 0.6 is 0 Å². The standard InChI is InChI=1S/C14H21N3O/c1-3-4-7-17(12-5-6-12)14(18)13-8-11(15)9-16-10(13)2/h8-9,12H,3-7,15H2,1-2H3. The molecule has 0 saturated heterocycles. The molecule has 18 heavy (non-hydrogen) atoms. The van der Waals surface area contributed by atoms with Gasteiger partial charge in [0.25, 0.3) is 5.91 Å². The predicted molar refractivity (Wildman–Crippen MR) is 72.4 cm³/mol. The van der Waals surface area contributed by atoms with Gasteiger partial charge in [-0.3, -0.25) is 9.78 Å². The Bertz CT molecular complexity index is 441. The van der Waals surface area contributed by atoms with Crippen molar-refractivity contribution >= 4 is 11.6 Å². The lowest BCUT2D eigenvalue weighted by Gasteiger charge is -2.23. The lowest BCUT2D eigenvalue weighted by Crippen LogP contribution is -2.34. The van der Waals surface area contributed by atoms with Gasteiger partial charge in [-0.1, -0.05) is 13.3 Å². The van der Waals surface area contributed by atoms with Crippen LogP contribution in [0.1, 0.15) is 48.7 Å². The van der Waals surface area contributed by atoms with E-state index in [1.807, 2.05) is 11.8 Å². The molecule has 2 rings (SSSR count). The molecule has 98 valence electrons. The van der Waals surface area contributed by atoms with E-state index in [1.54, 1.807) is 12.3 Å². The van der Waals surface area contributed by atoms with Crippen LogP contribution in [0.4, 0.5) is 5.69 Å². The van der Waals surface area contributed by atoms with Crippen LogP contribution in [0.25, 0.3) is 0 Å². The zero-order chi connectivity index (χ0) is 13.1.